The van der Waals surface area contributed by atoms with Crippen molar-refractivity contribution in [2.75, 3.05) is 20.8 Å². The highest BCUT2D eigenvalue weighted by atomic mass is 16.5. The van der Waals surface area contributed by atoms with Crippen LogP contribution in [0.15, 0.2) is 18.2 Å². The fourth-order valence-corrected chi connectivity index (χ4v) is 3.24. The molecular formula is C20H30N2O4. The predicted molar refractivity (Wildman–Crippen MR) is 101 cm³/mol. The van der Waals surface area contributed by atoms with Gasteiger partial charge in [0.2, 0.25) is 11.8 Å². The highest BCUT2D eigenvalue weighted by Gasteiger charge is 2.15. The van der Waals surface area contributed by atoms with Crippen molar-refractivity contribution in [2.24, 2.45) is 0 Å². The van der Waals surface area contributed by atoms with Crippen molar-refractivity contribution in [3.63, 3.8) is 0 Å². The van der Waals surface area contributed by atoms with Gasteiger partial charge in [-0.2, -0.15) is 0 Å². The summed E-state index contributed by atoms with van der Waals surface area (Å²) in [6, 6.07) is 5.95. The van der Waals surface area contributed by atoms with Crippen molar-refractivity contribution in [3.8, 4) is 11.5 Å². The van der Waals surface area contributed by atoms with E-state index in [1.807, 2.05) is 18.2 Å². The minimum absolute atomic E-state index is 0.0251. The Kier molecular flexibility index (Phi) is 8.25. The Morgan fingerprint density at radius 3 is 2.42 bits per heavy atom. The first-order valence-corrected chi connectivity index (χ1v) is 9.39. The van der Waals surface area contributed by atoms with Gasteiger partial charge in [-0.15, -0.1) is 0 Å². The minimum atomic E-state index is -0.0507. The molecule has 1 aromatic rings. The lowest BCUT2D eigenvalue weighted by molar-refractivity contribution is -0.122. The number of carbonyl (C=O) groups is 2. The summed E-state index contributed by atoms with van der Waals surface area (Å²) in [5.74, 6) is 1.30. The Morgan fingerprint density at radius 2 is 1.73 bits per heavy atom. The monoisotopic (exact) mass is 362 g/mol. The topological polar surface area (TPSA) is 76.7 Å². The zero-order valence-electron chi connectivity index (χ0n) is 15.8. The van der Waals surface area contributed by atoms with Crippen LogP contribution < -0.4 is 20.1 Å². The molecule has 1 aliphatic rings. The Morgan fingerprint density at radius 1 is 1.00 bits per heavy atom. The van der Waals surface area contributed by atoms with Crippen LogP contribution >= 0.6 is 0 Å². The minimum Gasteiger partial charge on any atom is -0.493 e. The number of hydrogen-bond acceptors (Lipinski definition) is 4. The highest BCUT2D eigenvalue weighted by Crippen LogP contribution is 2.27. The fraction of sp³-hybridized carbons (Fsp3) is 0.600. The van der Waals surface area contributed by atoms with Crippen molar-refractivity contribution in [1.82, 2.24) is 10.6 Å². The van der Waals surface area contributed by atoms with Crippen molar-refractivity contribution in [1.29, 1.82) is 0 Å². The summed E-state index contributed by atoms with van der Waals surface area (Å²) in [6.45, 7) is 0.378. The maximum absolute atomic E-state index is 12.0. The second kappa shape index (κ2) is 10.7. The third kappa shape index (κ3) is 6.58. The summed E-state index contributed by atoms with van der Waals surface area (Å²) in [5, 5.41) is 5.87. The average Bonchev–Trinajstić information content (AvgIpc) is 2.66. The number of carbonyl (C=O) groups excluding carboxylic acids is 2. The summed E-state index contributed by atoms with van der Waals surface area (Å²) in [7, 11) is 3.18. The van der Waals surface area contributed by atoms with E-state index in [0.717, 1.165) is 18.4 Å². The molecule has 0 aliphatic heterocycles. The van der Waals surface area contributed by atoms with Gasteiger partial charge in [0, 0.05) is 25.4 Å². The summed E-state index contributed by atoms with van der Waals surface area (Å²) in [4.78, 5) is 23.9. The first-order chi connectivity index (χ1) is 12.6. The second-order valence-corrected chi connectivity index (χ2v) is 6.69. The highest BCUT2D eigenvalue weighted by molar-refractivity contribution is 5.79. The molecule has 0 atom stereocenters. The van der Waals surface area contributed by atoms with Crippen LogP contribution in [0.25, 0.3) is 0 Å². The van der Waals surface area contributed by atoms with E-state index in [1.165, 1.54) is 19.3 Å². The van der Waals surface area contributed by atoms with Gasteiger partial charge in [0.15, 0.2) is 11.5 Å². The van der Waals surface area contributed by atoms with E-state index in [4.69, 9.17) is 9.47 Å². The predicted octanol–water partition coefficient (Wildman–Crippen LogP) is 2.59. The van der Waals surface area contributed by atoms with Gasteiger partial charge < -0.3 is 20.1 Å². The Hall–Kier alpha value is -2.24. The molecule has 144 valence electrons. The number of methoxy groups -OCH3 is 2. The number of aryl methyl sites for hydroxylation is 1. The molecule has 2 N–H and O–H groups in total. The number of nitrogens with one attached hydrogen (secondary N) is 2. The van der Waals surface area contributed by atoms with Gasteiger partial charge in [-0.05, 0) is 37.0 Å². The molecule has 0 aromatic heterocycles. The van der Waals surface area contributed by atoms with Gasteiger partial charge in [0.05, 0.1) is 14.2 Å². The third-order valence-corrected chi connectivity index (χ3v) is 4.73. The Bertz CT molecular complexity index is 597. The molecule has 0 saturated heterocycles. The van der Waals surface area contributed by atoms with Crippen LogP contribution in [-0.4, -0.2) is 38.6 Å². The SMILES string of the molecule is COc1ccc(CCC(=O)NCCC(=O)NC2CCCCC2)cc1OC. The molecule has 0 bridgehead atoms. The molecule has 6 nitrogen and oxygen atoms in total. The van der Waals surface area contributed by atoms with E-state index in [9.17, 15) is 9.59 Å². The fourth-order valence-electron chi connectivity index (χ4n) is 3.24. The van der Waals surface area contributed by atoms with Crippen LogP contribution in [0.1, 0.15) is 50.5 Å². The quantitative estimate of drug-likeness (QED) is 0.708. The number of hydrogen-bond donors (Lipinski definition) is 2. The van der Waals surface area contributed by atoms with Crippen molar-refractivity contribution in [2.45, 2.75) is 57.4 Å². The van der Waals surface area contributed by atoms with Crippen LogP contribution in [0.3, 0.4) is 0 Å². The van der Waals surface area contributed by atoms with E-state index in [2.05, 4.69) is 10.6 Å². The van der Waals surface area contributed by atoms with Crippen LogP contribution in [0.2, 0.25) is 0 Å². The normalized spacial score (nSPS) is 14.5. The van der Waals surface area contributed by atoms with Gasteiger partial charge in [-0.3, -0.25) is 9.59 Å². The van der Waals surface area contributed by atoms with Crippen molar-refractivity contribution < 1.29 is 19.1 Å². The van der Waals surface area contributed by atoms with Crippen LogP contribution in [-0.2, 0) is 16.0 Å². The lowest BCUT2D eigenvalue weighted by Gasteiger charge is -2.22. The zero-order valence-corrected chi connectivity index (χ0v) is 15.8. The summed E-state index contributed by atoms with van der Waals surface area (Å²) >= 11 is 0. The zero-order chi connectivity index (χ0) is 18.8. The standard InChI is InChI=1S/C20H30N2O4/c1-25-17-10-8-15(14-18(17)26-2)9-11-19(23)21-13-12-20(24)22-16-6-4-3-5-7-16/h8,10,14,16H,3-7,9,11-13H2,1-2H3,(H,21,23)(H,22,24). The molecule has 26 heavy (non-hydrogen) atoms. The lowest BCUT2D eigenvalue weighted by Crippen LogP contribution is -2.38. The van der Waals surface area contributed by atoms with Gasteiger partial charge in [-0.25, -0.2) is 0 Å². The van der Waals surface area contributed by atoms with Gasteiger partial charge in [-0.1, -0.05) is 25.3 Å². The molecule has 2 rings (SSSR count). The molecule has 0 heterocycles. The Balaban J connectivity index is 1.65. The van der Waals surface area contributed by atoms with Crippen LogP contribution in [0, 0.1) is 0 Å². The number of ether oxygens (including phenoxy) is 2. The molecule has 1 aliphatic carbocycles. The van der Waals surface area contributed by atoms with E-state index < -0.39 is 0 Å². The van der Waals surface area contributed by atoms with Crippen LogP contribution in [0.4, 0.5) is 0 Å². The Labute approximate surface area is 155 Å². The molecule has 1 aromatic carbocycles. The first-order valence-electron chi connectivity index (χ1n) is 9.39. The smallest absolute Gasteiger partial charge is 0.221 e. The number of amides is 2. The summed E-state index contributed by atoms with van der Waals surface area (Å²) < 4.78 is 10.5. The molecular weight excluding hydrogens is 332 g/mol. The van der Waals surface area contributed by atoms with E-state index in [0.29, 0.717) is 43.3 Å². The average molecular weight is 362 g/mol. The molecule has 6 heteroatoms. The van der Waals surface area contributed by atoms with E-state index in [1.54, 1.807) is 14.2 Å². The van der Waals surface area contributed by atoms with E-state index >= 15 is 0 Å². The lowest BCUT2D eigenvalue weighted by atomic mass is 9.95. The molecule has 2 amide bonds. The molecule has 0 unspecified atom stereocenters. The summed E-state index contributed by atoms with van der Waals surface area (Å²) in [6.07, 6.45) is 7.11. The maximum atomic E-state index is 12.0. The van der Waals surface area contributed by atoms with Crippen molar-refractivity contribution in [3.05, 3.63) is 23.8 Å². The molecule has 0 spiro atoms. The first kappa shape index (κ1) is 20.1. The largest absolute Gasteiger partial charge is 0.493 e. The van der Waals surface area contributed by atoms with Gasteiger partial charge >= 0.3 is 0 Å². The number of benzene rings is 1. The second-order valence-electron chi connectivity index (χ2n) is 6.69. The molecule has 1 fully saturated rings. The van der Waals surface area contributed by atoms with Gasteiger partial charge in [0.1, 0.15) is 0 Å². The number of rotatable bonds is 9. The maximum Gasteiger partial charge on any atom is 0.221 e. The van der Waals surface area contributed by atoms with Crippen LogP contribution in [0.5, 0.6) is 11.5 Å². The van der Waals surface area contributed by atoms with Crippen molar-refractivity contribution >= 4 is 11.8 Å². The van der Waals surface area contributed by atoms with Gasteiger partial charge in [0.25, 0.3) is 0 Å². The van der Waals surface area contributed by atoms with E-state index in [-0.39, 0.29) is 11.8 Å². The molecule has 0 radical (unpaired) electrons. The third-order valence-electron chi connectivity index (χ3n) is 4.73. The molecule has 1 saturated carbocycles. The summed E-state index contributed by atoms with van der Waals surface area (Å²) in [5.41, 5.74) is 1.01.